The van der Waals surface area contributed by atoms with Gasteiger partial charge in [-0.25, -0.2) is 0 Å². The Kier molecular flexibility index (Phi) is 5.17. The van der Waals surface area contributed by atoms with Crippen molar-refractivity contribution >= 4 is 0 Å². The normalized spacial score (nSPS) is 37.1. The minimum Gasteiger partial charge on any atom is -0.301 e. The van der Waals surface area contributed by atoms with E-state index in [2.05, 4.69) is 28.9 Å². The van der Waals surface area contributed by atoms with E-state index in [0.29, 0.717) is 0 Å². The molecule has 2 nitrogen and oxygen atoms in total. The summed E-state index contributed by atoms with van der Waals surface area (Å²) in [7, 11) is 0. The lowest BCUT2D eigenvalue weighted by Gasteiger charge is -2.44. The summed E-state index contributed by atoms with van der Waals surface area (Å²) in [6.45, 7) is 9.07. The number of hydrogen-bond donors (Lipinski definition) is 0. The minimum atomic E-state index is 0.892. The van der Waals surface area contributed by atoms with E-state index in [4.69, 9.17) is 0 Å². The highest BCUT2D eigenvalue weighted by Crippen LogP contribution is 2.29. The average Bonchev–Trinajstić information content (AvgIpc) is 2.50. The Hall–Kier alpha value is -0.340. The van der Waals surface area contributed by atoms with Gasteiger partial charge in [0.05, 0.1) is 0 Å². The number of allylic oxidation sites excluding steroid dienone is 2. The van der Waals surface area contributed by atoms with Crippen molar-refractivity contribution in [2.75, 3.05) is 32.7 Å². The smallest absolute Gasteiger partial charge is 0.0122 e. The zero-order valence-corrected chi connectivity index (χ0v) is 13.3. The molecule has 3 atom stereocenters. The summed E-state index contributed by atoms with van der Waals surface area (Å²) in [5.41, 5.74) is 0. The van der Waals surface area contributed by atoms with Gasteiger partial charge >= 0.3 is 0 Å². The predicted molar refractivity (Wildman–Crippen MR) is 85.9 cm³/mol. The molecule has 3 aliphatic rings. The van der Waals surface area contributed by atoms with Gasteiger partial charge in [-0.3, -0.25) is 4.90 Å². The molecule has 2 aliphatic carbocycles. The maximum absolute atomic E-state index is 2.81. The Morgan fingerprint density at radius 3 is 2.45 bits per heavy atom. The summed E-state index contributed by atoms with van der Waals surface area (Å²) in [5, 5.41) is 0. The molecule has 0 aromatic carbocycles. The van der Waals surface area contributed by atoms with Crippen LogP contribution in [-0.4, -0.2) is 48.6 Å². The SMILES string of the molecule is C[C@@H]1CCCC[C@@H]1N1CCN(C[C@H]2CC=CCC2)CC1. The van der Waals surface area contributed by atoms with Crippen LogP contribution in [-0.2, 0) is 0 Å². The van der Waals surface area contributed by atoms with Crippen LogP contribution < -0.4 is 0 Å². The molecule has 1 saturated carbocycles. The summed E-state index contributed by atoms with van der Waals surface area (Å²) in [5.74, 6) is 1.86. The van der Waals surface area contributed by atoms with Crippen LogP contribution in [0.3, 0.4) is 0 Å². The maximum atomic E-state index is 2.81. The molecule has 2 fully saturated rings. The van der Waals surface area contributed by atoms with E-state index in [0.717, 1.165) is 17.9 Å². The third-order valence-electron chi connectivity index (χ3n) is 5.84. The van der Waals surface area contributed by atoms with Gasteiger partial charge in [0.15, 0.2) is 0 Å². The third-order valence-corrected chi connectivity index (χ3v) is 5.84. The van der Waals surface area contributed by atoms with Gasteiger partial charge in [0.25, 0.3) is 0 Å². The zero-order valence-electron chi connectivity index (χ0n) is 13.3. The van der Waals surface area contributed by atoms with Crippen molar-refractivity contribution in [1.29, 1.82) is 0 Å². The van der Waals surface area contributed by atoms with E-state index >= 15 is 0 Å². The molecule has 0 aromatic rings. The molecule has 0 unspecified atom stereocenters. The van der Waals surface area contributed by atoms with Gasteiger partial charge in [-0.05, 0) is 43.9 Å². The first-order chi connectivity index (χ1) is 9.83. The fraction of sp³-hybridized carbons (Fsp3) is 0.889. The first-order valence-electron chi connectivity index (χ1n) is 8.94. The lowest BCUT2D eigenvalue weighted by atomic mass is 9.84. The van der Waals surface area contributed by atoms with Crippen molar-refractivity contribution in [3.05, 3.63) is 12.2 Å². The second-order valence-electron chi connectivity index (χ2n) is 7.32. The number of nitrogens with zero attached hydrogens (tertiary/aromatic N) is 2. The highest BCUT2D eigenvalue weighted by Gasteiger charge is 2.29. The summed E-state index contributed by atoms with van der Waals surface area (Å²) < 4.78 is 0. The van der Waals surface area contributed by atoms with E-state index in [9.17, 15) is 0 Å². The maximum Gasteiger partial charge on any atom is 0.0122 e. The molecule has 0 amide bonds. The van der Waals surface area contributed by atoms with Crippen LogP contribution in [0.25, 0.3) is 0 Å². The number of piperazine rings is 1. The second-order valence-corrected chi connectivity index (χ2v) is 7.32. The van der Waals surface area contributed by atoms with Crippen molar-refractivity contribution in [3.63, 3.8) is 0 Å². The molecule has 2 heteroatoms. The Bertz CT molecular complexity index is 317. The van der Waals surface area contributed by atoms with Crippen LogP contribution in [0, 0.1) is 11.8 Å². The monoisotopic (exact) mass is 276 g/mol. The standard InChI is InChI=1S/C18H32N2/c1-16-7-5-6-10-18(16)20-13-11-19(12-14-20)15-17-8-3-2-4-9-17/h2-3,16-18H,4-15H2,1H3/t16-,17+,18+/m1/s1. The van der Waals surface area contributed by atoms with E-state index in [1.807, 2.05) is 0 Å². The minimum absolute atomic E-state index is 0.892. The van der Waals surface area contributed by atoms with Crippen molar-refractivity contribution in [2.24, 2.45) is 11.8 Å². The van der Waals surface area contributed by atoms with Crippen molar-refractivity contribution in [1.82, 2.24) is 9.80 Å². The van der Waals surface area contributed by atoms with Gasteiger partial charge in [-0.2, -0.15) is 0 Å². The molecular formula is C18H32N2. The van der Waals surface area contributed by atoms with E-state index < -0.39 is 0 Å². The predicted octanol–water partition coefficient (Wildman–Crippen LogP) is 3.54. The van der Waals surface area contributed by atoms with Crippen molar-refractivity contribution in [2.45, 2.75) is 57.9 Å². The molecule has 0 radical (unpaired) electrons. The zero-order chi connectivity index (χ0) is 13.8. The summed E-state index contributed by atoms with van der Waals surface area (Å²) in [4.78, 5) is 5.54. The molecule has 1 heterocycles. The molecular weight excluding hydrogens is 244 g/mol. The first kappa shape index (κ1) is 14.6. The Labute approximate surface area is 125 Å². The van der Waals surface area contributed by atoms with Gasteiger partial charge in [0, 0.05) is 38.8 Å². The van der Waals surface area contributed by atoms with Crippen molar-refractivity contribution < 1.29 is 0 Å². The van der Waals surface area contributed by atoms with Crippen LogP contribution in [0.4, 0.5) is 0 Å². The van der Waals surface area contributed by atoms with Crippen LogP contribution in [0.2, 0.25) is 0 Å². The molecule has 0 spiro atoms. The van der Waals surface area contributed by atoms with Crippen LogP contribution >= 0.6 is 0 Å². The fourth-order valence-electron chi connectivity index (χ4n) is 4.50. The van der Waals surface area contributed by atoms with Gasteiger partial charge < -0.3 is 4.90 Å². The fourth-order valence-corrected chi connectivity index (χ4v) is 4.50. The van der Waals surface area contributed by atoms with Crippen molar-refractivity contribution in [3.8, 4) is 0 Å². The highest BCUT2D eigenvalue weighted by molar-refractivity contribution is 4.92. The molecule has 20 heavy (non-hydrogen) atoms. The van der Waals surface area contributed by atoms with E-state index in [-0.39, 0.29) is 0 Å². The Morgan fingerprint density at radius 1 is 0.950 bits per heavy atom. The molecule has 1 saturated heterocycles. The second kappa shape index (κ2) is 7.09. The van der Waals surface area contributed by atoms with Gasteiger partial charge in [-0.15, -0.1) is 0 Å². The molecule has 0 bridgehead atoms. The summed E-state index contributed by atoms with van der Waals surface area (Å²) in [6, 6.07) is 0.892. The van der Waals surface area contributed by atoms with Gasteiger partial charge in [0.2, 0.25) is 0 Å². The summed E-state index contributed by atoms with van der Waals surface area (Å²) in [6.07, 6.45) is 14.6. The van der Waals surface area contributed by atoms with Crippen LogP contribution in [0.1, 0.15) is 51.9 Å². The number of rotatable bonds is 3. The first-order valence-corrected chi connectivity index (χ1v) is 8.94. The quantitative estimate of drug-likeness (QED) is 0.728. The van der Waals surface area contributed by atoms with Gasteiger partial charge in [0.1, 0.15) is 0 Å². The third kappa shape index (κ3) is 3.65. The topological polar surface area (TPSA) is 6.48 Å². The molecule has 0 aromatic heterocycles. The van der Waals surface area contributed by atoms with E-state index in [1.165, 1.54) is 77.7 Å². The largest absolute Gasteiger partial charge is 0.301 e. The summed E-state index contributed by atoms with van der Waals surface area (Å²) >= 11 is 0. The van der Waals surface area contributed by atoms with Crippen LogP contribution in [0.5, 0.6) is 0 Å². The lowest BCUT2D eigenvalue weighted by Crippen LogP contribution is -2.53. The Morgan fingerprint density at radius 2 is 1.75 bits per heavy atom. The molecule has 114 valence electrons. The number of hydrogen-bond acceptors (Lipinski definition) is 2. The lowest BCUT2D eigenvalue weighted by molar-refractivity contribution is 0.0481. The molecule has 1 aliphatic heterocycles. The molecule has 3 rings (SSSR count). The van der Waals surface area contributed by atoms with Crippen LogP contribution in [0.15, 0.2) is 12.2 Å². The van der Waals surface area contributed by atoms with Gasteiger partial charge in [-0.1, -0.05) is 31.9 Å². The highest BCUT2D eigenvalue weighted by atomic mass is 15.3. The van der Waals surface area contributed by atoms with E-state index in [1.54, 1.807) is 0 Å². The Balaban J connectivity index is 1.43. The average molecular weight is 276 g/mol. The molecule has 0 N–H and O–H groups in total.